The molecule has 0 fully saturated rings. The Balaban J connectivity index is 1.67. The van der Waals surface area contributed by atoms with Crippen LogP contribution in [0.4, 0.5) is 4.39 Å². The van der Waals surface area contributed by atoms with Crippen LogP contribution in [0.15, 0.2) is 48.5 Å². The van der Waals surface area contributed by atoms with E-state index in [1.165, 1.54) is 24.3 Å². The van der Waals surface area contributed by atoms with Gasteiger partial charge in [-0.05, 0) is 54.8 Å². The van der Waals surface area contributed by atoms with Gasteiger partial charge in [0.25, 0.3) is 0 Å². The highest BCUT2D eigenvalue weighted by Gasteiger charge is 2.10. The zero-order valence-electron chi connectivity index (χ0n) is 14.1. The van der Waals surface area contributed by atoms with Crippen LogP contribution in [0.3, 0.4) is 0 Å². The number of methoxy groups -OCH3 is 1. The maximum atomic E-state index is 12.8. The van der Waals surface area contributed by atoms with Crippen molar-refractivity contribution in [3.63, 3.8) is 0 Å². The van der Waals surface area contributed by atoms with Crippen LogP contribution in [-0.2, 0) is 16.4 Å². The third-order valence-electron chi connectivity index (χ3n) is 3.52. The van der Waals surface area contributed by atoms with Crippen molar-refractivity contribution in [2.45, 2.75) is 12.8 Å². The first-order valence-electron chi connectivity index (χ1n) is 7.97. The van der Waals surface area contributed by atoms with E-state index >= 15 is 0 Å². The molecular weight excluding hydrogens is 345 g/mol. The lowest BCUT2D eigenvalue weighted by Gasteiger charge is -2.09. The summed E-state index contributed by atoms with van der Waals surface area (Å²) in [5.74, 6) is 0.957. The highest BCUT2D eigenvalue weighted by atomic mass is 32.2. The quantitative estimate of drug-likeness (QED) is 0.656. The summed E-state index contributed by atoms with van der Waals surface area (Å²) in [6.45, 7) is 0.645. The molecule has 136 valence electrons. The summed E-state index contributed by atoms with van der Waals surface area (Å²) in [5.41, 5.74) is 0.907. The van der Waals surface area contributed by atoms with E-state index in [-0.39, 0.29) is 11.6 Å². The van der Waals surface area contributed by atoms with E-state index in [4.69, 9.17) is 9.47 Å². The topological polar surface area (TPSA) is 64.6 Å². The fourth-order valence-electron chi connectivity index (χ4n) is 2.17. The molecule has 0 aliphatic rings. The van der Waals surface area contributed by atoms with Crippen LogP contribution in [-0.4, -0.2) is 34.4 Å². The summed E-state index contributed by atoms with van der Waals surface area (Å²) < 4.78 is 49.9. The van der Waals surface area contributed by atoms with Crippen LogP contribution in [0.25, 0.3) is 0 Å². The molecule has 0 aromatic heterocycles. The Hall–Kier alpha value is -2.12. The lowest BCUT2D eigenvalue weighted by atomic mass is 10.2. The maximum absolute atomic E-state index is 12.8. The summed E-state index contributed by atoms with van der Waals surface area (Å²) in [6.07, 6.45) is 0.939. The van der Waals surface area contributed by atoms with Crippen molar-refractivity contribution in [2.24, 2.45) is 0 Å². The number of benzene rings is 2. The van der Waals surface area contributed by atoms with Crippen molar-refractivity contribution in [2.75, 3.05) is 26.0 Å². The molecule has 25 heavy (non-hydrogen) atoms. The Morgan fingerprint density at radius 2 is 1.84 bits per heavy atom. The lowest BCUT2D eigenvalue weighted by Crippen LogP contribution is -2.29. The Morgan fingerprint density at radius 3 is 2.56 bits per heavy atom. The Kier molecular flexibility index (Phi) is 7.21. The number of rotatable bonds is 10. The van der Waals surface area contributed by atoms with Gasteiger partial charge in [0.15, 0.2) is 0 Å². The van der Waals surface area contributed by atoms with Gasteiger partial charge in [0.05, 0.1) is 19.5 Å². The minimum absolute atomic E-state index is 0.0129. The van der Waals surface area contributed by atoms with Crippen molar-refractivity contribution in [1.29, 1.82) is 0 Å². The van der Waals surface area contributed by atoms with E-state index in [1.54, 1.807) is 7.11 Å². The molecule has 2 aromatic rings. The summed E-state index contributed by atoms with van der Waals surface area (Å²) >= 11 is 0. The molecule has 0 aliphatic carbocycles. The average Bonchev–Trinajstić information content (AvgIpc) is 2.61. The average molecular weight is 367 g/mol. The number of ether oxygens (including phenoxy) is 2. The smallest absolute Gasteiger partial charge is 0.211 e. The van der Waals surface area contributed by atoms with Crippen LogP contribution in [0.5, 0.6) is 11.5 Å². The molecule has 0 amide bonds. The highest BCUT2D eigenvalue weighted by Crippen LogP contribution is 2.13. The monoisotopic (exact) mass is 367 g/mol. The van der Waals surface area contributed by atoms with Crippen LogP contribution >= 0.6 is 0 Å². The third kappa shape index (κ3) is 7.11. The van der Waals surface area contributed by atoms with Gasteiger partial charge in [0.2, 0.25) is 10.0 Å². The van der Waals surface area contributed by atoms with Gasteiger partial charge in [-0.25, -0.2) is 17.5 Å². The summed E-state index contributed by atoms with van der Waals surface area (Å²) in [4.78, 5) is 0. The SMILES string of the molecule is COc1cccc(CCS(=O)(=O)NCCCOc2ccc(F)cc2)c1. The Bertz CT molecular complexity index is 763. The predicted molar refractivity (Wildman–Crippen MR) is 95.0 cm³/mol. The van der Waals surface area contributed by atoms with Gasteiger partial charge in [-0.3, -0.25) is 0 Å². The van der Waals surface area contributed by atoms with E-state index in [9.17, 15) is 12.8 Å². The van der Waals surface area contributed by atoms with Gasteiger partial charge in [0, 0.05) is 6.54 Å². The molecule has 0 heterocycles. The summed E-state index contributed by atoms with van der Waals surface area (Å²) in [7, 11) is -1.77. The second-order valence-electron chi connectivity index (χ2n) is 5.47. The molecule has 1 N–H and O–H groups in total. The minimum Gasteiger partial charge on any atom is -0.497 e. The van der Waals surface area contributed by atoms with Gasteiger partial charge < -0.3 is 9.47 Å². The fraction of sp³-hybridized carbons (Fsp3) is 0.333. The number of sulfonamides is 1. The van der Waals surface area contributed by atoms with E-state index in [0.717, 1.165) is 5.56 Å². The van der Waals surface area contributed by atoms with Crippen molar-refractivity contribution in [3.8, 4) is 11.5 Å². The molecule has 0 aliphatic heterocycles. The van der Waals surface area contributed by atoms with Crippen LogP contribution in [0.1, 0.15) is 12.0 Å². The maximum Gasteiger partial charge on any atom is 0.211 e. The Labute approximate surface area is 147 Å². The molecule has 2 rings (SSSR count). The zero-order chi connectivity index (χ0) is 18.1. The second-order valence-corrected chi connectivity index (χ2v) is 7.40. The van der Waals surface area contributed by atoms with Crippen molar-refractivity contribution >= 4 is 10.0 Å². The molecule has 2 aromatic carbocycles. The first-order valence-corrected chi connectivity index (χ1v) is 9.62. The van der Waals surface area contributed by atoms with Gasteiger partial charge in [-0.15, -0.1) is 0 Å². The lowest BCUT2D eigenvalue weighted by molar-refractivity contribution is 0.311. The molecule has 5 nitrogen and oxygen atoms in total. The fourth-order valence-corrected chi connectivity index (χ4v) is 3.28. The van der Waals surface area contributed by atoms with Gasteiger partial charge in [-0.1, -0.05) is 12.1 Å². The van der Waals surface area contributed by atoms with Gasteiger partial charge in [0.1, 0.15) is 17.3 Å². The van der Waals surface area contributed by atoms with Gasteiger partial charge in [-0.2, -0.15) is 0 Å². The number of aryl methyl sites for hydroxylation is 1. The zero-order valence-corrected chi connectivity index (χ0v) is 14.9. The van der Waals surface area contributed by atoms with Crippen molar-refractivity contribution in [3.05, 3.63) is 59.9 Å². The standard InChI is InChI=1S/C18H22FNO4S/c1-23-18-5-2-4-15(14-18)10-13-25(21,22)20-11-3-12-24-17-8-6-16(19)7-9-17/h2,4-9,14,20H,3,10-13H2,1H3. The summed E-state index contributed by atoms with van der Waals surface area (Å²) in [5, 5.41) is 0. The van der Waals surface area contributed by atoms with Crippen molar-refractivity contribution in [1.82, 2.24) is 4.72 Å². The van der Waals surface area contributed by atoms with E-state index < -0.39 is 10.0 Å². The van der Waals surface area contributed by atoms with Crippen LogP contribution < -0.4 is 14.2 Å². The van der Waals surface area contributed by atoms with Crippen LogP contribution in [0.2, 0.25) is 0 Å². The number of hydrogen-bond acceptors (Lipinski definition) is 4. The number of nitrogens with one attached hydrogen (secondary N) is 1. The molecular formula is C18H22FNO4S. The van der Waals surface area contributed by atoms with E-state index in [2.05, 4.69) is 4.72 Å². The van der Waals surface area contributed by atoms with E-state index in [0.29, 0.717) is 37.5 Å². The first-order chi connectivity index (χ1) is 12.0. The van der Waals surface area contributed by atoms with Gasteiger partial charge >= 0.3 is 0 Å². The summed E-state index contributed by atoms with van der Waals surface area (Å²) in [6, 6.07) is 13.0. The van der Waals surface area contributed by atoms with Crippen molar-refractivity contribution < 1.29 is 22.3 Å². The Morgan fingerprint density at radius 1 is 1.08 bits per heavy atom. The number of hydrogen-bond donors (Lipinski definition) is 1. The molecule has 0 radical (unpaired) electrons. The first kappa shape index (κ1) is 19.2. The predicted octanol–water partition coefficient (Wildman–Crippen LogP) is 2.77. The normalized spacial score (nSPS) is 11.3. The molecule has 0 spiro atoms. The minimum atomic E-state index is -3.35. The number of halogens is 1. The second kappa shape index (κ2) is 9.39. The van der Waals surface area contributed by atoms with Crippen LogP contribution in [0, 0.1) is 5.82 Å². The molecule has 0 saturated carbocycles. The molecule has 0 atom stereocenters. The molecule has 0 bridgehead atoms. The van der Waals surface area contributed by atoms with E-state index in [1.807, 2.05) is 24.3 Å². The molecule has 0 saturated heterocycles. The molecule has 7 heteroatoms. The molecule has 0 unspecified atom stereocenters. The largest absolute Gasteiger partial charge is 0.497 e. The third-order valence-corrected chi connectivity index (χ3v) is 4.90. The highest BCUT2D eigenvalue weighted by molar-refractivity contribution is 7.89.